The Morgan fingerprint density at radius 1 is 1.47 bits per heavy atom. The van der Waals surface area contributed by atoms with Crippen LogP contribution in [0.2, 0.25) is 0 Å². The molecule has 1 aromatic heterocycles. The van der Waals surface area contributed by atoms with Crippen LogP contribution < -0.4 is 4.72 Å². The standard InChI is InChI=1S/C10H14N2O5S2/c13-10(14)9(8-2-1-7-18-8)11-19(15,16)12-3-5-17-6-4-12/h1-2,7,9,11H,3-6H2,(H,13,14). The van der Waals surface area contributed by atoms with Crippen molar-refractivity contribution >= 4 is 27.5 Å². The number of hydrogen-bond acceptors (Lipinski definition) is 5. The van der Waals surface area contributed by atoms with E-state index in [4.69, 9.17) is 9.84 Å². The van der Waals surface area contributed by atoms with Gasteiger partial charge in [-0.05, 0) is 11.4 Å². The number of nitrogens with zero attached hydrogens (tertiary/aromatic N) is 1. The molecule has 0 bridgehead atoms. The monoisotopic (exact) mass is 306 g/mol. The van der Waals surface area contributed by atoms with Crippen LogP contribution >= 0.6 is 11.3 Å². The third kappa shape index (κ3) is 3.51. The van der Waals surface area contributed by atoms with Crippen LogP contribution in [0.1, 0.15) is 10.9 Å². The molecule has 0 spiro atoms. The van der Waals surface area contributed by atoms with E-state index in [1.807, 2.05) is 0 Å². The zero-order chi connectivity index (χ0) is 13.9. The van der Waals surface area contributed by atoms with Gasteiger partial charge in [-0.15, -0.1) is 11.3 Å². The van der Waals surface area contributed by atoms with Crippen LogP contribution in [0.15, 0.2) is 17.5 Å². The molecule has 19 heavy (non-hydrogen) atoms. The van der Waals surface area contributed by atoms with Crippen LogP contribution in [-0.4, -0.2) is 50.1 Å². The van der Waals surface area contributed by atoms with Crippen molar-refractivity contribution in [3.63, 3.8) is 0 Å². The topological polar surface area (TPSA) is 95.9 Å². The van der Waals surface area contributed by atoms with Gasteiger partial charge < -0.3 is 9.84 Å². The summed E-state index contributed by atoms with van der Waals surface area (Å²) in [6, 6.07) is 2.01. The van der Waals surface area contributed by atoms with Crippen molar-refractivity contribution in [3.05, 3.63) is 22.4 Å². The lowest BCUT2D eigenvalue weighted by molar-refractivity contribution is -0.139. The Bertz CT molecular complexity index is 522. The van der Waals surface area contributed by atoms with Crippen molar-refractivity contribution in [1.29, 1.82) is 0 Å². The summed E-state index contributed by atoms with van der Waals surface area (Å²) < 4.78 is 32.7. The number of ether oxygens (including phenoxy) is 1. The Morgan fingerprint density at radius 3 is 2.68 bits per heavy atom. The highest BCUT2D eigenvalue weighted by molar-refractivity contribution is 7.87. The van der Waals surface area contributed by atoms with E-state index in [0.717, 1.165) is 0 Å². The molecule has 0 amide bonds. The van der Waals surface area contributed by atoms with E-state index < -0.39 is 22.2 Å². The second-order valence-corrected chi connectivity index (χ2v) is 6.60. The summed E-state index contributed by atoms with van der Waals surface area (Å²) in [5, 5.41) is 10.8. The number of carboxylic acids is 1. The highest BCUT2D eigenvalue weighted by Gasteiger charge is 2.31. The second-order valence-electron chi connectivity index (χ2n) is 3.92. The van der Waals surface area contributed by atoms with Gasteiger partial charge in [-0.3, -0.25) is 4.79 Å². The van der Waals surface area contributed by atoms with Crippen molar-refractivity contribution in [1.82, 2.24) is 9.03 Å². The number of hydrogen-bond donors (Lipinski definition) is 2. The molecule has 1 aromatic rings. The van der Waals surface area contributed by atoms with Crippen molar-refractivity contribution in [3.8, 4) is 0 Å². The third-order valence-corrected chi connectivity index (χ3v) is 5.17. The van der Waals surface area contributed by atoms with Crippen LogP contribution in [0.4, 0.5) is 0 Å². The molecular weight excluding hydrogens is 292 g/mol. The summed E-state index contributed by atoms with van der Waals surface area (Å²) in [6.45, 7) is 1.09. The average Bonchev–Trinajstić information content (AvgIpc) is 2.90. The second kappa shape index (κ2) is 5.97. The molecule has 0 aliphatic carbocycles. The van der Waals surface area contributed by atoms with Gasteiger partial charge >= 0.3 is 5.97 Å². The molecule has 0 radical (unpaired) electrons. The van der Waals surface area contributed by atoms with Gasteiger partial charge in [0.25, 0.3) is 10.2 Å². The van der Waals surface area contributed by atoms with Crippen molar-refractivity contribution in [2.45, 2.75) is 6.04 Å². The number of carbonyl (C=O) groups is 1. The maximum absolute atomic E-state index is 12.1. The van der Waals surface area contributed by atoms with Gasteiger partial charge in [-0.2, -0.15) is 17.4 Å². The molecule has 1 saturated heterocycles. The van der Waals surface area contributed by atoms with Gasteiger partial charge in [-0.1, -0.05) is 6.07 Å². The fourth-order valence-corrected chi connectivity index (χ4v) is 3.84. The minimum absolute atomic E-state index is 0.228. The molecule has 1 aliphatic heterocycles. The fourth-order valence-electron chi connectivity index (χ4n) is 1.70. The first kappa shape index (κ1) is 14.4. The molecule has 1 unspecified atom stereocenters. The molecule has 1 aliphatic rings. The Labute approximate surface area is 115 Å². The minimum Gasteiger partial charge on any atom is -0.480 e. The lowest BCUT2D eigenvalue weighted by atomic mass is 10.3. The van der Waals surface area contributed by atoms with Crippen molar-refractivity contribution in [2.24, 2.45) is 0 Å². The van der Waals surface area contributed by atoms with Crippen LogP contribution in [0, 0.1) is 0 Å². The van der Waals surface area contributed by atoms with Gasteiger partial charge in [0, 0.05) is 18.0 Å². The Kier molecular flexibility index (Phi) is 4.53. The van der Waals surface area contributed by atoms with Crippen molar-refractivity contribution < 1.29 is 23.1 Å². The molecule has 1 atom stereocenters. The molecule has 0 saturated carbocycles. The van der Waals surface area contributed by atoms with E-state index in [9.17, 15) is 13.2 Å². The predicted octanol–water partition coefficient (Wildman–Crippen LogP) is 0.0404. The van der Waals surface area contributed by atoms with Gasteiger partial charge in [0.15, 0.2) is 6.04 Å². The van der Waals surface area contributed by atoms with Crippen molar-refractivity contribution in [2.75, 3.05) is 26.3 Å². The maximum atomic E-state index is 12.1. The largest absolute Gasteiger partial charge is 0.480 e. The van der Waals surface area contributed by atoms with Gasteiger partial charge in [0.05, 0.1) is 13.2 Å². The zero-order valence-electron chi connectivity index (χ0n) is 9.98. The van der Waals surface area contributed by atoms with E-state index in [1.165, 1.54) is 15.6 Å². The first-order chi connectivity index (χ1) is 9.00. The highest BCUT2D eigenvalue weighted by Crippen LogP contribution is 2.21. The molecule has 2 rings (SSSR count). The van der Waals surface area contributed by atoms with Crippen LogP contribution in [0.5, 0.6) is 0 Å². The van der Waals surface area contributed by atoms with Crippen LogP contribution in [0.25, 0.3) is 0 Å². The van der Waals surface area contributed by atoms with E-state index in [1.54, 1.807) is 17.5 Å². The quantitative estimate of drug-likeness (QED) is 0.801. The average molecular weight is 306 g/mol. The highest BCUT2D eigenvalue weighted by atomic mass is 32.2. The normalized spacial score (nSPS) is 19.2. The molecule has 2 N–H and O–H groups in total. The van der Waals surface area contributed by atoms with E-state index in [-0.39, 0.29) is 13.1 Å². The summed E-state index contributed by atoms with van der Waals surface area (Å²) in [4.78, 5) is 11.6. The summed E-state index contributed by atoms with van der Waals surface area (Å²) >= 11 is 1.20. The van der Waals surface area contributed by atoms with Gasteiger partial charge in [0.2, 0.25) is 0 Å². The van der Waals surface area contributed by atoms with E-state index >= 15 is 0 Å². The number of rotatable bonds is 5. The SMILES string of the molecule is O=C(O)C(NS(=O)(=O)N1CCOCC1)c1cccs1. The minimum atomic E-state index is -3.82. The number of thiophene rings is 1. The molecule has 7 nitrogen and oxygen atoms in total. The van der Waals surface area contributed by atoms with E-state index in [2.05, 4.69) is 4.72 Å². The Balaban J connectivity index is 2.14. The summed E-state index contributed by atoms with van der Waals surface area (Å²) in [5.74, 6) is -1.22. The third-order valence-electron chi connectivity index (χ3n) is 2.65. The van der Waals surface area contributed by atoms with Crippen LogP contribution in [-0.2, 0) is 19.7 Å². The maximum Gasteiger partial charge on any atom is 0.327 e. The fraction of sp³-hybridized carbons (Fsp3) is 0.500. The number of aliphatic carboxylic acids is 1. The Hall–Kier alpha value is -1.00. The predicted molar refractivity (Wildman–Crippen MR) is 69.1 cm³/mol. The lowest BCUT2D eigenvalue weighted by Gasteiger charge is -2.27. The first-order valence-corrected chi connectivity index (χ1v) is 7.94. The molecule has 2 heterocycles. The molecule has 106 valence electrons. The first-order valence-electron chi connectivity index (χ1n) is 5.62. The molecule has 1 fully saturated rings. The number of nitrogens with one attached hydrogen (secondary N) is 1. The number of morpholine rings is 1. The molecule has 0 aromatic carbocycles. The Morgan fingerprint density at radius 2 is 2.16 bits per heavy atom. The summed E-state index contributed by atoms with van der Waals surface area (Å²) in [7, 11) is -3.82. The number of carboxylic acid groups (broad SMARTS) is 1. The molecule has 9 heteroatoms. The summed E-state index contributed by atoms with van der Waals surface area (Å²) in [5.41, 5.74) is 0. The summed E-state index contributed by atoms with van der Waals surface area (Å²) in [6.07, 6.45) is 0. The van der Waals surface area contributed by atoms with Gasteiger partial charge in [-0.25, -0.2) is 0 Å². The van der Waals surface area contributed by atoms with Crippen LogP contribution in [0.3, 0.4) is 0 Å². The zero-order valence-corrected chi connectivity index (χ0v) is 11.6. The lowest BCUT2D eigenvalue weighted by Crippen LogP contribution is -2.48. The molecular formula is C10H14N2O5S2. The van der Waals surface area contributed by atoms with E-state index in [0.29, 0.717) is 18.1 Å². The van der Waals surface area contributed by atoms with Gasteiger partial charge in [0.1, 0.15) is 0 Å². The smallest absolute Gasteiger partial charge is 0.327 e.